The van der Waals surface area contributed by atoms with Gasteiger partial charge in [0.2, 0.25) is 0 Å². The van der Waals surface area contributed by atoms with Gasteiger partial charge in [0.25, 0.3) is 0 Å². The molecule has 2 aliphatic heterocycles. The van der Waals surface area contributed by atoms with Gasteiger partial charge >= 0.3 is 26.9 Å². The molecule has 8 atom stereocenters. The predicted molar refractivity (Wildman–Crippen MR) is 179 cm³/mol. The molecule has 288 valence electrons. The van der Waals surface area contributed by atoms with Crippen LogP contribution in [0.2, 0.25) is 0 Å². The van der Waals surface area contributed by atoms with Crippen LogP contribution in [0.25, 0.3) is 21.9 Å². The topological polar surface area (TPSA) is 240 Å². The molecule has 2 aromatic carbocycles. The van der Waals surface area contributed by atoms with Crippen molar-refractivity contribution < 1.29 is 132 Å². The van der Waals surface area contributed by atoms with Crippen LogP contribution in [0.1, 0.15) is 20.3 Å². The van der Waals surface area contributed by atoms with Crippen molar-refractivity contribution >= 4 is 37.6 Å². The first-order chi connectivity index (χ1) is 24.2. The van der Waals surface area contributed by atoms with Crippen LogP contribution < -0.4 is 15.8 Å². The van der Waals surface area contributed by atoms with E-state index < -0.39 is 57.9 Å². The average molecular weight is 1230 g/mol. The minimum atomic E-state index is -4.18. The normalized spacial score (nSPS) is 24.3. The summed E-state index contributed by atoms with van der Waals surface area (Å²) < 4.78 is 69.0. The summed E-state index contributed by atoms with van der Waals surface area (Å²) >= 11 is 0. The maximum Gasteiger partial charge on any atom is 0.530 e. The maximum absolute atomic E-state index is 12.9. The van der Waals surface area contributed by atoms with Crippen molar-refractivity contribution in [3.8, 4) is 11.5 Å². The number of benzene rings is 2. The summed E-state index contributed by atoms with van der Waals surface area (Å²) in [5.74, 6) is 0.263. The number of phenolic OH excluding ortho intramolecular Hbond substituents is 1. The molecule has 17 nitrogen and oxygen atoms in total. The number of hydrogen-bond donors (Lipinski definition) is 4. The fourth-order valence-corrected chi connectivity index (χ4v) is 6.62. The Morgan fingerprint density at radius 2 is 1.36 bits per heavy atom. The molecule has 0 amide bonds. The van der Waals surface area contributed by atoms with Crippen molar-refractivity contribution in [2.24, 2.45) is 5.92 Å². The van der Waals surface area contributed by atoms with Gasteiger partial charge in [-0.3, -0.25) is 18.1 Å². The molecular formula is C32H38O17P2U2-2. The third kappa shape index (κ3) is 13.7. The van der Waals surface area contributed by atoms with E-state index in [1.807, 2.05) is 13.8 Å². The summed E-state index contributed by atoms with van der Waals surface area (Å²) in [6, 6.07) is 15.4. The standard InChI is InChI=1S/C17H20O7P.C9H6O3.C6H12O7P.2U/c1-4-14-17(11(2)10-21-14)24-25(19,20-3)23-13-7-5-12-6-8-16(18)22-15(12)9-13;10-7-3-1-6-2-4-9(11)12-8(6)5-7;1-11-14(9,10)13-6-4(8)3-12-5(6)2-7;;/h5-11,14,17H,4H2,1-3H3;1-5,10H;3-8H,2H2,1H3,(H,9,10);;/q-1;;-1;;/t11?,14-,17?,25?;;4?,5-,6?;;/m1.1../s1. The molecule has 0 bridgehead atoms. The van der Waals surface area contributed by atoms with Gasteiger partial charge in [0.05, 0.1) is 24.9 Å². The molecule has 4 N–H and O–H groups in total. The fourth-order valence-electron chi connectivity index (χ4n) is 4.77. The number of aliphatic hydroxyl groups excluding tert-OH is 2. The van der Waals surface area contributed by atoms with Crippen LogP contribution >= 0.6 is 15.6 Å². The van der Waals surface area contributed by atoms with Crippen LogP contribution in [-0.2, 0) is 36.7 Å². The molecule has 53 heavy (non-hydrogen) atoms. The Kier molecular flexibility index (Phi) is 19.7. The van der Waals surface area contributed by atoms with E-state index in [0.717, 1.165) is 24.5 Å². The van der Waals surface area contributed by atoms with E-state index in [1.165, 1.54) is 31.4 Å². The second-order valence-corrected chi connectivity index (χ2v) is 14.2. The van der Waals surface area contributed by atoms with Gasteiger partial charge in [-0.25, -0.2) is 25.3 Å². The van der Waals surface area contributed by atoms with Gasteiger partial charge in [0.15, 0.2) is 0 Å². The van der Waals surface area contributed by atoms with Gasteiger partial charge in [-0.05, 0) is 48.9 Å². The summed E-state index contributed by atoms with van der Waals surface area (Å²) in [6.07, 6.45) is -3.07. The van der Waals surface area contributed by atoms with Gasteiger partial charge in [-0.15, -0.1) is 5.92 Å². The van der Waals surface area contributed by atoms with Crippen LogP contribution in [0.3, 0.4) is 0 Å². The summed E-state index contributed by atoms with van der Waals surface area (Å²) in [7, 11) is -5.79. The Labute approximate surface area is 351 Å². The number of phosphoric acid groups is 2. The van der Waals surface area contributed by atoms with Crippen LogP contribution in [0.5, 0.6) is 11.5 Å². The number of aromatic hydroxyl groups is 1. The molecule has 21 heteroatoms. The number of hydrogen-bond acceptors (Lipinski definition) is 16. The van der Waals surface area contributed by atoms with Gasteiger partial charge in [0.1, 0.15) is 22.7 Å². The van der Waals surface area contributed by atoms with E-state index in [9.17, 15) is 23.8 Å². The van der Waals surface area contributed by atoms with E-state index in [0.29, 0.717) is 17.6 Å². The minimum Gasteiger partial charge on any atom is -0.547 e. The minimum absolute atomic E-state index is 0. The molecule has 4 heterocycles. The molecule has 0 aliphatic carbocycles. The fraction of sp³-hybridized carbons (Fsp3) is 0.375. The van der Waals surface area contributed by atoms with Gasteiger partial charge in [0, 0.05) is 118 Å². The third-order valence-corrected chi connectivity index (χ3v) is 9.76. The maximum atomic E-state index is 12.9. The Balaban J connectivity index is 0.000000295. The summed E-state index contributed by atoms with van der Waals surface area (Å²) in [5, 5.41) is 28.6. The number of phosphoric ester groups is 2. The van der Waals surface area contributed by atoms with Crippen LogP contribution in [0.4, 0.5) is 0 Å². The molecule has 0 saturated carbocycles. The second-order valence-electron chi connectivity index (χ2n) is 11.0. The molecule has 0 radical (unpaired) electrons. The molecule has 0 spiro atoms. The largest absolute Gasteiger partial charge is 0.547 e. The number of ether oxygens (including phenoxy) is 2. The quantitative estimate of drug-likeness (QED) is 0.0975. The van der Waals surface area contributed by atoms with Crippen LogP contribution in [-0.4, -0.2) is 71.6 Å². The number of fused-ring (bicyclic) bond motifs is 2. The van der Waals surface area contributed by atoms with E-state index in [2.05, 4.69) is 9.05 Å². The van der Waals surface area contributed by atoms with Crippen molar-refractivity contribution in [3.63, 3.8) is 0 Å². The molecule has 6 unspecified atom stereocenters. The number of phenols is 1. The summed E-state index contributed by atoms with van der Waals surface area (Å²) in [4.78, 5) is 31.1. The van der Waals surface area contributed by atoms with Crippen molar-refractivity contribution in [3.05, 3.63) is 94.7 Å². The van der Waals surface area contributed by atoms with Crippen LogP contribution in [0.15, 0.2) is 79.1 Å². The Morgan fingerprint density at radius 1 is 0.792 bits per heavy atom. The zero-order valence-corrected chi connectivity index (χ0v) is 38.9. The summed E-state index contributed by atoms with van der Waals surface area (Å²) in [6.45, 7) is 6.13. The average Bonchev–Trinajstić information content (AvgIpc) is 3.64. The van der Waals surface area contributed by atoms with Crippen molar-refractivity contribution in [1.29, 1.82) is 0 Å². The zero-order valence-electron chi connectivity index (χ0n) is 28.8. The van der Waals surface area contributed by atoms with E-state index in [1.54, 1.807) is 43.0 Å². The Bertz CT molecular complexity index is 1970. The zero-order chi connectivity index (χ0) is 37.3. The Hall–Kier alpha value is -1.34. The monoisotopic (exact) mass is 1230 g/mol. The van der Waals surface area contributed by atoms with E-state index >= 15 is 0 Å². The molecular weight excluding hydrogens is 1190 g/mol. The molecule has 2 aromatic heterocycles. The van der Waals surface area contributed by atoms with Crippen LogP contribution in [0, 0.1) is 81.4 Å². The van der Waals surface area contributed by atoms with Gasteiger partial charge in [-0.1, -0.05) is 13.8 Å². The number of rotatable bonds is 10. The first-order valence-corrected chi connectivity index (χ1v) is 18.3. The van der Waals surface area contributed by atoms with Crippen molar-refractivity contribution in [2.75, 3.05) is 20.8 Å². The predicted octanol–water partition coefficient (Wildman–Crippen LogP) is 4.45. The first kappa shape index (κ1) is 47.8. The molecule has 2 fully saturated rings. The summed E-state index contributed by atoms with van der Waals surface area (Å²) in [5.41, 5.74) is -0.158. The van der Waals surface area contributed by atoms with E-state index in [-0.39, 0.29) is 85.7 Å². The van der Waals surface area contributed by atoms with E-state index in [4.69, 9.17) is 47.0 Å². The smallest absolute Gasteiger partial charge is 0.530 e. The molecule has 4 aromatic rings. The first-order valence-electron chi connectivity index (χ1n) is 15.3. The van der Waals surface area contributed by atoms with Crippen molar-refractivity contribution in [1.82, 2.24) is 0 Å². The molecule has 2 saturated heterocycles. The van der Waals surface area contributed by atoms with Gasteiger partial charge < -0.3 is 43.0 Å². The second kappa shape index (κ2) is 21.8. The Morgan fingerprint density at radius 3 is 1.92 bits per heavy atom. The number of aliphatic hydroxyl groups is 2. The third-order valence-electron chi connectivity index (χ3n) is 7.41. The van der Waals surface area contributed by atoms with Gasteiger partial charge in [-0.2, -0.15) is 6.61 Å². The van der Waals surface area contributed by atoms with Crippen molar-refractivity contribution in [2.45, 2.75) is 50.8 Å². The molecule has 2 aliphatic rings. The SMILES string of the molecule is CC[C@H]1O[CH-]C(C)C1OP(=O)(OC)Oc1ccc2ccc(=O)oc2c1.COP(=O)(O)OC1C(O)[CH-]O[C@@H]1CO.O=c1ccc2ccc(O)cc2o1.[U].[U]. The molecule has 6 rings (SSSR count).